The van der Waals surface area contributed by atoms with E-state index in [1.54, 1.807) is 12.3 Å². The van der Waals surface area contributed by atoms with Gasteiger partial charge in [-0.3, -0.25) is 9.59 Å². The SMILES string of the molecule is O=C(CCCCOc1ccc2[nH]c(=O)ccc2c1)N(CCn1ccnc1)CC1CCCCC1. The van der Waals surface area contributed by atoms with Crippen LogP contribution in [-0.2, 0) is 11.3 Å². The second-order valence-corrected chi connectivity index (χ2v) is 9.02. The van der Waals surface area contributed by atoms with Crippen LogP contribution in [0, 0.1) is 5.92 Å². The fourth-order valence-corrected chi connectivity index (χ4v) is 4.60. The molecule has 4 rings (SSSR count). The minimum absolute atomic E-state index is 0.108. The van der Waals surface area contributed by atoms with Crippen molar-refractivity contribution in [1.82, 2.24) is 19.4 Å². The number of fused-ring (bicyclic) bond motifs is 1. The Balaban J connectivity index is 1.23. The van der Waals surface area contributed by atoms with Gasteiger partial charge in [0.25, 0.3) is 0 Å². The first kappa shape index (κ1) is 23.1. The van der Waals surface area contributed by atoms with E-state index in [-0.39, 0.29) is 11.5 Å². The molecule has 1 amide bonds. The molecule has 176 valence electrons. The summed E-state index contributed by atoms with van der Waals surface area (Å²) in [5.41, 5.74) is 0.692. The number of amides is 1. The third-order valence-corrected chi connectivity index (χ3v) is 6.49. The summed E-state index contributed by atoms with van der Waals surface area (Å²) in [6, 6.07) is 8.97. The average Bonchev–Trinajstić information content (AvgIpc) is 3.36. The zero-order chi connectivity index (χ0) is 22.9. The molecular weight excluding hydrogens is 416 g/mol. The highest BCUT2D eigenvalue weighted by molar-refractivity contribution is 5.79. The van der Waals surface area contributed by atoms with Crippen LogP contribution in [0.25, 0.3) is 10.9 Å². The van der Waals surface area contributed by atoms with Crippen molar-refractivity contribution in [3.05, 3.63) is 59.4 Å². The molecular formula is C26H34N4O3. The summed E-state index contributed by atoms with van der Waals surface area (Å²) in [5.74, 6) is 1.66. The zero-order valence-electron chi connectivity index (χ0n) is 19.2. The molecule has 0 spiro atoms. The van der Waals surface area contributed by atoms with Gasteiger partial charge >= 0.3 is 0 Å². The van der Waals surface area contributed by atoms with Crippen molar-refractivity contribution in [1.29, 1.82) is 0 Å². The van der Waals surface area contributed by atoms with Crippen molar-refractivity contribution in [2.24, 2.45) is 5.92 Å². The molecule has 1 saturated carbocycles. The quantitative estimate of drug-likeness (QED) is 0.440. The number of H-pyrrole nitrogens is 1. The molecule has 2 aromatic heterocycles. The molecule has 0 bridgehead atoms. The molecule has 1 fully saturated rings. The van der Waals surface area contributed by atoms with E-state index in [9.17, 15) is 9.59 Å². The number of aromatic amines is 1. The number of carbonyl (C=O) groups excluding carboxylic acids is 1. The summed E-state index contributed by atoms with van der Waals surface area (Å²) in [6.07, 6.45) is 14.1. The Labute approximate surface area is 194 Å². The Morgan fingerprint density at radius 1 is 1.15 bits per heavy atom. The van der Waals surface area contributed by atoms with Crippen molar-refractivity contribution in [2.75, 3.05) is 19.7 Å². The first-order chi connectivity index (χ1) is 16.2. The van der Waals surface area contributed by atoms with Crippen LogP contribution < -0.4 is 10.3 Å². The van der Waals surface area contributed by atoms with Gasteiger partial charge in [-0.05, 0) is 55.9 Å². The normalized spacial score (nSPS) is 14.4. The number of ether oxygens (including phenoxy) is 1. The number of benzene rings is 1. The minimum Gasteiger partial charge on any atom is -0.494 e. The summed E-state index contributed by atoms with van der Waals surface area (Å²) in [5, 5.41) is 0.943. The van der Waals surface area contributed by atoms with Crippen LogP contribution in [0.15, 0.2) is 53.8 Å². The Hall–Kier alpha value is -3.09. The molecule has 33 heavy (non-hydrogen) atoms. The fraction of sp³-hybridized carbons (Fsp3) is 0.500. The number of imidazole rings is 1. The van der Waals surface area contributed by atoms with Gasteiger partial charge in [-0.15, -0.1) is 0 Å². The standard InChI is InChI=1S/C26H34N4O3/c31-25-12-9-22-18-23(10-11-24(22)28-25)33-17-5-4-8-26(32)30(16-15-29-14-13-27-20-29)19-21-6-2-1-3-7-21/h9-14,18,20-21H,1-8,15-17,19H2,(H,28,31). The summed E-state index contributed by atoms with van der Waals surface area (Å²) < 4.78 is 7.91. The van der Waals surface area contributed by atoms with Gasteiger partial charge in [-0.1, -0.05) is 19.3 Å². The number of pyridine rings is 1. The van der Waals surface area contributed by atoms with Crippen LogP contribution in [0.2, 0.25) is 0 Å². The highest BCUT2D eigenvalue weighted by Crippen LogP contribution is 2.25. The van der Waals surface area contributed by atoms with E-state index in [4.69, 9.17) is 4.74 Å². The molecule has 1 aromatic carbocycles. The number of carbonyl (C=O) groups is 1. The Morgan fingerprint density at radius 2 is 2.03 bits per heavy atom. The van der Waals surface area contributed by atoms with Crippen molar-refractivity contribution in [2.45, 2.75) is 57.9 Å². The van der Waals surface area contributed by atoms with Gasteiger partial charge in [0, 0.05) is 55.4 Å². The molecule has 3 aromatic rings. The lowest BCUT2D eigenvalue weighted by Crippen LogP contribution is -2.38. The lowest BCUT2D eigenvalue weighted by Gasteiger charge is -2.30. The van der Waals surface area contributed by atoms with Crippen LogP contribution >= 0.6 is 0 Å². The predicted molar refractivity (Wildman–Crippen MR) is 129 cm³/mol. The summed E-state index contributed by atoms with van der Waals surface area (Å²) in [6.45, 7) is 2.97. The molecule has 0 saturated heterocycles. The van der Waals surface area contributed by atoms with Gasteiger partial charge in [-0.2, -0.15) is 0 Å². The number of hydrogen-bond acceptors (Lipinski definition) is 4. The van der Waals surface area contributed by atoms with Gasteiger partial charge in [0.05, 0.1) is 12.9 Å². The zero-order valence-corrected chi connectivity index (χ0v) is 19.2. The molecule has 2 heterocycles. The van der Waals surface area contributed by atoms with E-state index >= 15 is 0 Å². The first-order valence-electron chi connectivity index (χ1n) is 12.2. The second kappa shape index (κ2) is 11.7. The van der Waals surface area contributed by atoms with E-state index in [1.165, 1.54) is 38.2 Å². The molecule has 0 unspecified atom stereocenters. The van der Waals surface area contributed by atoms with Crippen LogP contribution in [0.4, 0.5) is 0 Å². The summed E-state index contributed by atoms with van der Waals surface area (Å²) in [7, 11) is 0. The number of unbranched alkanes of at least 4 members (excludes halogenated alkanes) is 1. The highest BCUT2D eigenvalue weighted by atomic mass is 16.5. The molecule has 0 aliphatic heterocycles. The smallest absolute Gasteiger partial charge is 0.248 e. The lowest BCUT2D eigenvalue weighted by atomic mass is 9.89. The van der Waals surface area contributed by atoms with E-state index < -0.39 is 0 Å². The average molecular weight is 451 g/mol. The molecule has 7 nitrogen and oxygen atoms in total. The van der Waals surface area contributed by atoms with Crippen molar-refractivity contribution in [3.8, 4) is 5.75 Å². The molecule has 0 atom stereocenters. The van der Waals surface area contributed by atoms with E-state index in [1.807, 2.05) is 35.3 Å². The fourth-order valence-electron chi connectivity index (χ4n) is 4.60. The Bertz CT molecular complexity index is 1070. The van der Waals surface area contributed by atoms with Gasteiger partial charge in [-0.25, -0.2) is 4.98 Å². The number of nitrogens with zero attached hydrogens (tertiary/aromatic N) is 3. The molecule has 0 radical (unpaired) electrons. The monoisotopic (exact) mass is 450 g/mol. The topological polar surface area (TPSA) is 80.2 Å². The number of nitrogens with one attached hydrogen (secondary N) is 1. The van der Waals surface area contributed by atoms with Crippen LogP contribution in [0.3, 0.4) is 0 Å². The lowest BCUT2D eigenvalue weighted by molar-refractivity contribution is -0.132. The minimum atomic E-state index is -0.108. The maximum atomic E-state index is 13.0. The van der Waals surface area contributed by atoms with Gasteiger partial charge in [0.1, 0.15) is 5.75 Å². The third kappa shape index (κ3) is 6.94. The number of rotatable bonds is 11. The van der Waals surface area contributed by atoms with Crippen LogP contribution in [0.1, 0.15) is 51.4 Å². The van der Waals surface area contributed by atoms with Gasteiger partial charge < -0.3 is 19.2 Å². The van der Waals surface area contributed by atoms with E-state index in [2.05, 4.69) is 14.9 Å². The number of aromatic nitrogens is 3. The van der Waals surface area contributed by atoms with E-state index in [0.29, 0.717) is 18.9 Å². The van der Waals surface area contributed by atoms with E-state index in [0.717, 1.165) is 49.1 Å². The molecule has 1 aliphatic carbocycles. The van der Waals surface area contributed by atoms with Crippen molar-refractivity contribution in [3.63, 3.8) is 0 Å². The molecule has 7 heteroatoms. The molecule has 1 N–H and O–H groups in total. The number of hydrogen-bond donors (Lipinski definition) is 1. The Kier molecular flexibility index (Phi) is 8.17. The molecule has 1 aliphatic rings. The predicted octanol–water partition coefficient (Wildman–Crippen LogP) is 4.38. The van der Waals surface area contributed by atoms with Gasteiger partial charge in [0.15, 0.2) is 0 Å². The maximum Gasteiger partial charge on any atom is 0.248 e. The van der Waals surface area contributed by atoms with Crippen molar-refractivity contribution >= 4 is 16.8 Å². The highest BCUT2D eigenvalue weighted by Gasteiger charge is 2.20. The second-order valence-electron chi connectivity index (χ2n) is 9.02. The van der Waals surface area contributed by atoms with Crippen LogP contribution in [0.5, 0.6) is 5.75 Å². The summed E-state index contributed by atoms with van der Waals surface area (Å²) in [4.78, 5) is 33.4. The van der Waals surface area contributed by atoms with Crippen molar-refractivity contribution < 1.29 is 9.53 Å². The maximum absolute atomic E-state index is 13.0. The van der Waals surface area contributed by atoms with Crippen LogP contribution in [-0.4, -0.2) is 45.0 Å². The Morgan fingerprint density at radius 3 is 2.85 bits per heavy atom. The largest absolute Gasteiger partial charge is 0.494 e. The van der Waals surface area contributed by atoms with Gasteiger partial charge in [0.2, 0.25) is 11.5 Å². The first-order valence-corrected chi connectivity index (χ1v) is 12.2. The summed E-state index contributed by atoms with van der Waals surface area (Å²) >= 11 is 0. The third-order valence-electron chi connectivity index (χ3n) is 6.49.